The number of amides is 3. The Morgan fingerprint density at radius 1 is 1.22 bits per heavy atom. The smallest absolute Gasteiger partial charge is 0.312 e. The molecule has 4 rings (SSSR count). The SMILES string of the molecule is COc1cc(/C=N/NC(=O)Cn2ncn(-c3ccccc3)c2=S)ccc1OC(=O)C[C@@H]1SC(=O)NC1=O. The second-order valence-electron chi connectivity index (χ2n) is 7.54. The first-order valence-corrected chi connectivity index (χ1v) is 12.0. The number of thioether (sulfide) groups is 1. The van der Waals surface area contributed by atoms with Gasteiger partial charge in [0, 0.05) is 5.69 Å². The van der Waals surface area contributed by atoms with Crippen LogP contribution in [0.15, 0.2) is 60.0 Å². The Morgan fingerprint density at radius 2 is 2.00 bits per heavy atom. The van der Waals surface area contributed by atoms with Crippen molar-refractivity contribution >= 4 is 53.2 Å². The van der Waals surface area contributed by atoms with Crippen molar-refractivity contribution in [3.8, 4) is 17.2 Å². The number of benzene rings is 2. The summed E-state index contributed by atoms with van der Waals surface area (Å²) >= 11 is 6.14. The number of carbonyl (C=O) groups excluding carboxylic acids is 4. The molecule has 1 fully saturated rings. The van der Waals surface area contributed by atoms with E-state index < -0.39 is 28.3 Å². The maximum absolute atomic E-state index is 12.3. The standard InChI is InChI=1S/C23H20N6O6S2/c1-34-17-9-14(7-8-16(17)35-20(31)10-18-21(32)26-22(33)37-18)11-24-27-19(30)12-29-23(36)28(13-25-29)15-5-3-2-4-6-15/h2-9,11,13,18H,10,12H2,1H3,(H,27,30)(H,26,32,33)/b24-11+/t18-/m0/s1. The van der Waals surface area contributed by atoms with Gasteiger partial charge in [-0.1, -0.05) is 30.0 Å². The molecule has 0 radical (unpaired) electrons. The van der Waals surface area contributed by atoms with Crippen molar-refractivity contribution < 1.29 is 28.7 Å². The summed E-state index contributed by atoms with van der Waals surface area (Å²) in [6.07, 6.45) is 2.66. The number of para-hydroxylation sites is 1. The van der Waals surface area contributed by atoms with E-state index in [4.69, 9.17) is 21.7 Å². The summed E-state index contributed by atoms with van der Waals surface area (Å²) in [5, 5.41) is 8.88. The molecule has 2 N–H and O–H groups in total. The maximum Gasteiger partial charge on any atom is 0.312 e. The normalized spacial score (nSPS) is 15.0. The van der Waals surface area contributed by atoms with E-state index in [0.29, 0.717) is 10.3 Å². The van der Waals surface area contributed by atoms with Gasteiger partial charge in [-0.15, -0.1) is 0 Å². The average Bonchev–Trinajstić information content (AvgIpc) is 3.40. The van der Waals surface area contributed by atoms with E-state index in [0.717, 1.165) is 17.4 Å². The van der Waals surface area contributed by atoms with Gasteiger partial charge in [0.15, 0.2) is 11.5 Å². The number of hydrazone groups is 1. The number of imide groups is 1. The number of ether oxygens (including phenoxy) is 2. The molecule has 1 atom stereocenters. The van der Waals surface area contributed by atoms with E-state index in [-0.39, 0.29) is 24.5 Å². The molecule has 2 heterocycles. The zero-order chi connectivity index (χ0) is 26.4. The molecule has 3 aromatic rings. The van der Waals surface area contributed by atoms with Gasteiger partial charge in [0.2, 0.25) is 10.7 Å². The van der Waals surface area contributed by atoms with E-state index >= 15 is 0 Å². The van der Waals surface area contributed by atoms with Crippen LogP contribution in [0.4, 0.5) is 4.79 Å². The van der Waals surface area contributed by atoms with Crippen molar-refractivity contribution in [2.45, 2.75) is 18.2 Å². The number of hydrogen-bond donors (Lipinski definition) is 2. The van der Waals surface area contributed by atoms with Gasteiger partial charge in [-0.05, 0) is 48.1 Å². The van der Waals surface area contributed by atoms with Crippen LogP contribution < -0.4 is 20.2 Å². The Kier molecular flexibility index (Phi) is 8.10. The molecule has 37 heavy (non-hydrogen) atoms. The van der Waals surface area contributed by atoms with Crippen LogP contribution in [-0.4, -0.2) is 55.9 Å². The van der Waals surface area contributed by atoms with Crippen LogP contribution in [0.3, 0.4) is 0 Å². The van der Waals surface area contributed by atoms with Crippen molar-refractivity contribution in [1.82, 2.24) is 25.1 Å². The van der Waals surface area contributed by atoms with Crippen LogP contribution in [0.25, 0.3) is 5.69 Å². The van der Waals surface area contributed by atoms with Crippen LogP contribution in [0.1, 0.15) is 12.0 Å². The molecule has 1 aliphatic rings. The van der Waals surface area contributed by atoms with Crippen LogP contribution in [0, 0.1) is 4.77 Å². The van der Waals surface area contributed by atoms with Gasteiger partial charge in [0.05, 0.1) is 19.7 Å². The third kappa shape index (κ3) is 6.48. The van der Waals surface area contributed by atoms with Gasteiger partial charge in [0.25, 0.3) is 11.1 Å². The van der Waals surface area contributed by atoms with E-state index in [9.17, 15) is 19.2 Å². The minimum absolute atomic E-state index is 0.128. The molecule has 0 aliphatic carbocycles. The summed E-state index contributed by atoms with van der Waals surface area (Å²) < 4.78 is 14.0. The molecule has 1 saturated heterocycles. The first kappa shape index (κ1) is 25.8. The van der Waals surface area contributed by atoms with Gasteiger partial charge in [-0.25, -0.2) is 10.1 Å². The summed E-state index contributed by atoms with van der Waals surface area (Å²) in [5.74, 6) is -1.29. The molecule has 3 amide bonds. The average molecular weight is 541 g/mol. The van der Waals surface area contributed by atoms with Gasteiger partial charge >= 0.3 is 5.97 Å². The molecule has 14 heteroatoms. The summed E-state index contributed by atoms with van der Waals surface area (Å²) in [4.78, 5) is 47.4. The van der Waals surface area contributed by atoms with Crippen molar-refractivity contribution in [2.24, 2.45) is 5.10 Å². The van der Waals surface area contributed by atoms with E-state index in [1.807, 2.05) is 30.3 Å². The molecule has 0 spiro atoms. The van der Waals surface area contributed by atoms with E-state index in [1.165, 1.54) is 30.4 Å². The van der Waals surface area contributed by atoms with Gasteiger partial charge in [-0.2, -0.15) is 10.2 Å². The van der Waals surface area contributed by atoms with Crippen molar-refractivity contribution in [2.75, 3.05) is 7.11 Å². The molecule has 0 unspecified atom stereocenters. The number of nitrogens with one attached hydrogen (secondary N) is 2. The fourth-order valence-corrected chi connectivity index (χ4v) is 4.32. The summed E-state index contributed by atoms with van der Waals surface area (Å²) in [6, 6.07) is 14.0. The Balaban J connectivity index is 1.33. The third-order valence-corrected chi connectivity index (χ3v) is 6.38. The Bertz CT molecular complexity index is 1430. The fourth-order valence-electron chi connectivity index (χ4n) is 3.25. The van der Waals surface area contributed by atoms with Crippen LogP contribution in [0.5, 0.6) is 11.5 Å². The highest BCUT2D eigenvalue weighted by Gasteiger charge is 2.34. The Hall–Kier alpha value is -4.30. The van der Waals surface area contributed by atoms with Crippen LogP contribution in [0.2, 0.25) is 0 Å². The van der Waals surface area contributed by atoms with Gasteiger partial charge in [-0.3, -0.25) is 29.1 Å². The number of aromatic nitrogens is 3. The van der Waals surface area contributed by atoms with Crippen molar-refractivity contribution in [1.29, 1.82) is 0 Å². The second kappa shape index (κ2) is 11.6. The zero-order valence-electron chi connectivity index (χ0n) is 19.3. The minimum Gasteiger partial charge on any atom is -0.493 e. The lowest BCUT2D eigenvalue weighted by Crippen LogP contribution is -2.27. The summed E-state index contributed by atoms with van der Waals surface area (Å²) in [5.41, 5.74) is 3.79. The van der Waals surface area contributed by atoms with Crippen LogP contribution >= 0.6 is 24.0 Å². The summed E-state index contributed by atoms with van der Waals surface area (Å²) in [7, 11) is 1.40. The lowest BCUT2D eigenvalue weighted by molar-refractivity contribution is -0.136. The van der Waals surface area contributed by atoms with Crippen molar-refractivity contribution in [3.05, 3.63) is 65.2 Å². The molecule has 2 aromatic carbocycles. The third-order valence-electron chi connectivity index (χ3n) is 4.99. The lowest BCUT2D eigenvalue weighted by Gasteiger charge is -2.10. The Morgan fingerprint density at radius 3 is 2.70 bits per heavy atom. The quantitative estimate of drug-likeness (QED) is 0.137. The zero-order valence-corrected chi connectivity index (χ0v) is 21.0. The first-order valence-electron chi connectivity index (χ1n) is 10.8. The molecule has 1 aliphatic heterocycles. The number of methoxy groups -OCH3 is 1. The second-order valence-corrected chi connectivity index (χ2v) is 9.08. The topological polar surface area (TPSA) is 146 Å². The highest BCUT2D eigenvalue weighted by molar-refractivity contribution is 8.15. The number of esters is 1. The predicted octanol–water partition coefficient (Wildman–Crippen LogP) is 2.21. The first-order chi connectivity index (χ1) is 17.8. The Labute approximate surface area is 219 Å². The number of nitrogens with zero attached hydrogens (tertiary/aromatic N) is 4. The van der Waals surface area contributed by atoms with Crippen LogP contribution in [-0.2, 0) is 20.9 Å². The molecule has 1 aromatic heterocycles. The molecule has 12 nitrogen and oxygen atoms in total. The summed E-state index contributed by atoms with van der Waals surface area (Å²) in [6.45, 7) is -0.128. The minimum atomic E-state index is -0.831. The largest absolute Gasteiger partial charge is 0.493 e. The van der Waals surface area contributed by atoms with E-state index in [2.05, 4.69) is 20.9 Å². The molecule has 190 valence electrons. The maximum atomic E-state index is 12.3. The number of hydrogen-bond acceptors (Lipinski definition) is 10. The van der Waals surface area contributed by atoms with Gasteiger partial charge in [0.1, 0.15) is 18.1 Å². The lowest BCUT2D eigenvalue weighted by atomic mass is 10.2. The monoisotopic (exact) mass is 540 g/mol. The van der Waals surface area contributed by atoms with Gasteiger partial charge < -0.3 is 9.47 Å². The fraction of sp³-hybridized carbons (Fsp3) is 0.174. The number of rotatable bonds is 9. The van der Waals surface area contributed by atoms with E-state index in [1.54, 1.807) is 16.7 Å². The van der Waals surface area contributed by atoms with Crippen molar-refractivity contribution in [3.63, 3.8) is 0 Å². The molecule has 0 bridgehead atoms. The molecule has 0 saturated carbocycles. The molecular weight excluding hydrogens is 520 g/mol. The highest BCUT2D eigenvalue weighted by atomic mass is 32.2. The highest BCUT2D eigenvalue weighted by Crippen LogP contribution is 2.29. The number of carbonyl (C=O) groups is 4. The molecular formula is C23H20N6O6S2. The predicted molar refractivity (Wildman–Crippen MR) is 136 cm³/mol.